The molecule has 162 valence electrons. The first-order chi connectivity index (χ1) is 13.4. The summed E-state index contributed by atoms with van der Waals surface area (Å²) in [6.45, 7) is 7.05. The molecule has 0 saturated carbocycles. The number of carbonyl (C=O) groups excluding carboxylic acids is 2. The Morgan fingerprint density at radius 3 is 2.48 bits per heavy atom. The highest BCUT2D eigenvalue weighted by Crippen LogP contribution is 2.39. The molecular weight excluding hydrogens is 392 g/mol. The summed E-state index contributed by atoms with van der Waals surface area (Å²) in [7, 11) is 0.802. The van der Waals surface area contributed by atoms with E-state index in [-0.39, 0.29) is 40.4 Å². The molecule has 7 nitrogen and oxygen atoms in total. The molecule has 0 aromatic carbocycles. The largest absolute Gasteiger partial charge is 0.455 e. The first-order valence-corrected chi connectivity index (χ1v) is 12.0. The number of carbonyl (C=O) groups is 2. The monoisotopic (exact) mass is 424 g/mol. The van der Waals surface area contributed by atoms with Gasteiger partial charge in [-0.1, -0.05) is 13.8 Å². The highest BCUT2D eigenvalue weighted by Gasteiger charge is 2.40. The number of hydrogen-bond acceptors (Lipinski definition) is 6. The quantitative estimate of drug-likeness (QED) is 0.696. The van der Waals surface area contributed by atoms with E-state index in [9.17, 15) is 18.0 Å². The molecule has 1 aromatic rings. The maximum absolute atomic E-state index is 13.4. The molecule has 29 heavy (non-hydrogen) atoms. The number of fused-ring (bicyclic) bond motifs is 1. The summed E-state index contributed by atoms with van der Waals surface area (Å²) in [5.74, 6) is 0.582. The highest BCUT2D eigenvalue weighted by atomic mass is 32.2. The normalized spacial score (nSPS) is 22.7. The number of Topliss-reactive ketones (excluding diaryl/α,β-unsaturated/α-hetero) is 1. The van der Waals surface area contributed by atoms with Gasteiger partial charge in [-0.3, -0.25) is 9.59 Å². The van der Waals surface area contributed by atoms with Crippen LogP contribution in [-0.4, -0.2) is 74.6 Å². The second-order valence-electron chi connectivity index (χ2n) is 9.51. The van der Waals surface area contributed by atoms with E-state index in [1.165, 1.54) is 0 Å². The Labute approximate surface area is 173 Å². The number of sulfone groups is 1. The predicted molar refractivity (Wildman–Crippen MR) is 111 cm³/mol. The Balaban J connectivity index is 1.91. The summed E-state index contributed by atoms with van der Waals surface area (Å²) >= 11 is 0. The van der Waals surface area contributed by atoms with Crippen molar-refractivity contribution < 1.29 is 22.4 Å². The number of hydrogen-bond donors (Lipinski definition) is 0. The van der Waals surface area contributed by atoms with Crippen LogP contribution in [0.1, 0.15) is 65.3 Å². The van der Waals surface area contributed by atoms with Gasteiger partial charge in [0.1, 0.15) is 5.76 Å². The molecule has 0 N–H and O–H groups in total. The van der Waals surface area contributed by atoms with Crippen molar-refractivity contribution in [2.45, 2.75) is 52.5 Å². The van der Waals surface area contributed by atoms with Gasteiger partial charge in [0, 0.05) is 31.0 Å². The van der Waals surface area contributed by atoms with Crippen LogP contribution < -0.4 is 0 Å². The number of ketones is 1. The van der Waals surface area contributed by atoms with Gasteiger partial charge in [0.2, 0.25) is 0 Å². The van der Waals surface area contributed by atoms with E-state index in [1.54, 1.807) is 11.8 Å². The molecule has 1 unspecified atom stereocenters. The van der Waals surface area contributed by atoms with E-state index in [4.69, 9.17) is 4.42 Å². The van der Waals surface area contributed by atoms with Gasteiger partial charge in [-0.05, 0) is 45.8 Å². The molecule has 2 aliphatic rings. The Morgan fingerprint density at radius 1 is 1.21 bits per heavy atom. The SMILES string of the molecule is Cc1c(C(=O)N(CCCN(C)C)C2CCS(=O)(=O)C2)oc2c1C(=O)CC(C)(C)C2. The second-order valence-corrected chi connectivity index (χ2v) is 11.7. The zero-order valence-electron chi connectivity index (χ0n) is 18.1. The third-order valence-electron chi connectivity index (χ3n) is 5.89. The summed E-state index contributed by atoms with van der Waals surface area (Å²) in [6, 6.07) is -0.344. The molecular formula is C21H32N2O5S. The van der Waals surface area contributed by atoms with Gasteiger partial charge in [-0.25, -0.2) is 8.42 Å². The van der Waals surface area contributed by atoms with Crippen LogP contribution in [0, 0.1) is 12.3 Å². The predicted octanol–water partition coefficient (Wildman–Crippen LogP) is 2.32. The van der Waals surface area contributed by atoms with Crippen molar-refractivity contribution in [1.82, 2.24) is 9.80 Å². The fourth-order valence-electron chi connectivity index (χ4n) is 4.45. The minimum Gasteiger partial charge on any atom is -0.455 e. The first-order valence-electron chi connectivity index (χ1n) is 10.2. The maximum atomic E-state index is 13.4. The smallest absolute Gasteiger partial charge is 0.290 e. The fourth-order valence-corrected chi connectivity index (χ4v) is 6.18. The van der Waals surface area contributed by atoms with E-state index in [0.717, 1.165) is 13.0 Å². The molecule has 1 aromatic heterocycles. The summed E-state index contributed by atoms with van der Waals surface area (Å²) in [4.78, 5) is 29.8. The molecule has 1 amide bonds. The van der Waals surface area contributed by atoms with Crippen LogP contribution in [0.15, 0.2) is 4.42 Å². The first kappa shape index (κ1) is 22.0. The Bertz CT molecular complexity index is 914. The number of nitrogens with zero attached hydrogens (tertiary/aromatic N) is 2. The molecule has 1 atom stereocenters. The molecule has 1 aliphatic carbocycles. The molecule has 0 bridgehead atoms. The van der Waals surface area contributed by atoms with Gasteiger partial charge in [-0.2, -0.15) is 0 Å². The van der Waals surface area contributed by atoms with Crippen molar-refractivity contribution >= 4 is 21.5 Å². The van der Waals surface area contributed by atoms with Gasteiger partial charge in [-0.15, -0.1) is 0 Å². The van der Waals surface area contributed by atoms with Gasteiger partial charge in [0.25, 0.3) is 5.91 Å². The van der Waals surface area contributed by atoms with Gasteiger partial charge in [0.15, 0.2) is 21.4 Å². The van der Waals surface area contributed by atoms with Crippen molar-refractivity contribution in [2.24, 2.45) is 5.41 Å². The number of amides is 1. The molecule has 2 heterocycles. The number of rotatable bonds is 6. The van der Waals surface area contributed by atoms with E-state index in [2.05, 4.69) is 0 Å². The summed E-state index contributed by atoms with van der Waals surface area (Å²) in [6.07, 6.45) is 2.23. The van der Waals surface area contributed by atoms with Crippen LogP contribution in [0.3, 0.4) is 0 Å². The number of furan rings is 1. The summed E-state index contributed by atoms with van der Waals surface area (Å²) < 4.78 is 30.0. The standard InChI is InChI=1S/C21H32N2O5S/c1-14-18-16(24)11-21(2,3)12-17(18)28-19(14)20(25)23(9-6-8-22(4)5)15-7-10-29(26,27)13-15/h15H,6-13H2,1-5H3. The van der Waals surface area contributed by atoms with Crippen LogP contribution >= 0.6 is 0 Å². The van der Waals surface area contributed by atoms with Crippen molar-refractivity contribution in [1.29, 1.82) is 0 Å². The molecule has 0 radical (unpaired) electrons. The van der Waals surface area contributed by atoms with Gasteiger partial charge >= 0.3 is 0 Å². The molecule has 1 aliphatic heterocycles. The minimum atomic E-state index is -3.12. The lowest BCUT2D eigenvalue weighted by Gasteiger charge is -2.28. The lowest BCUT2D eigenvalue weighted by molar-refractivity contribution is 0.0652. The summed E-state index contributed by atoms with van der Waals surface area (Å²) in [5, 5.41) is 0. The van der Waals surface area contributed by atoms with E-state index in [1.807, 2.05) is 32.8 Å². The average Bonchev–Trinajstić information content (AvgIpc) is 3.09. The van der Waals surface area contributed by atoms with Crippen molar-refractivity contribution in [2.75, 3.05) is 38.7 Å². The molecule has 0 spiro atoms. The maximum Gasteiger partial charge on any atom is 0.290 e. The van der Waals surface area contributed by atoms with Crippen LogP contribution in [0.2, 0.25) is 0 Å². The van der Waals surface area contributed by atoms with Gasteiger partial charge in [0.05, 0.1) is 17.1 Å². The third-order valence-corrected chi connectivity index (χ3v) is 7.64. The Hall–Kier alpha value is -1.67. The fraction of sp³-hybridized carbons (Fsp3) is 0.714. The van der Waals surface area contributed by atoms with Crippen LogP contribution in [0.5, 0.6) is 0 Å². The Kier molecular flexibility index (Phi) is 5.98. The van der Waals surface area contributed by atoms with Crippen molar-refractivity contribution in [3.63, 3.8) is 0 Å². The van der Waals surface area contributed by atoms with E-state index >= 15 is 0 Å². The lowest BCUT2D eigenvalue weighted by Crippen LogP contribution is -2.42. The lowest BCUT2D eigenvalue weighted by atomic mass is 9.76. The molecule has 8 heteroatoms. The molecule has 1 fully saturated rings. The van der Waals surface area contributed by atoms with Crippen molar-refractivity contribution in [3.8, 4) is 0 Å². The van der Waals surface area contributed by atoms with Gasteiger partial charge < -0.3 is 14.2 Å². The zero-order valence-corrected chi connectivity index (χ0v) is 18.9. The summed E-state index contributed by atoms with van der Waals surface area (Å²) in [5.41, 5.74) is 0.934. The van der Waals surface area contributed by atoms with E-state index in [0.29, 0.717) is 42.7 Å². The highest BCUT2D eigenvalue weighted by molar-refractivity contribution is 7.91. The minimum absolute atomic E-state index is 0.00780. The zero-order chi connectivity index (χ0) is 21.6. The average molecular weight is 425 g/mol. The van der Waals surface area contributed by atoms with E-state index < -0.39 is 9.84 Å². The van der Waals surface area contributed by atoms with Crippen LogP contribution in [-0.2, 0) is 16.3 Å². The second kappa shape index (κ2) is 7.87. The topological polar surface area (TPSA) is 87.9 Å². The van der Waals surface area contributed by atoms with Crippen molar-refractivity contribution in [3.05, 3.63) is 22.6 Å². The Morgan fingerprint density at radius 2 is 1.90 bits per heavy atom. The molecule has 3 rings (SSSR count). The third kappa shape index (κ3) is 4.74. The van der Waals surface area contributed by atoms with Crippen LogP contribution in [0.4, 0.5) is 0 Å². The van der Waals surface area contributed by atoms with Crippen LogP contribution in [0.25, 0.3) is 0 Å². The molecule has 1 saturated heterocycles.